The average molecular weight is 283 g/mol. The molecular formula is C16H33N3O. The Balaban J connectivity index is 2.55. The third kappa shape index (κ3) is 5.80. The molecule has 0 aromatic heterocycles. The summed E-state index contributed by atoms with van der Waals surface area (Å²) >= 11 is 0. The standard InChI is InChI=1S/C16H33N3O/c1-5-18(6-2)11-12-19(13-14(3)4)16(20)15-7-9-17-10-8-15/h14-15,17H,5-13H2,1-4H3. The zero-order chi connectivity index (χ0) is 15.0. The van der Waals surface area contributed by atoms with Crippen molar-refractivity contribution < 1.29 is 4.79 Å². The van der Waals surface area contributed by atoms with Crippen LogP contribution in [0.2, 0.25) is 0 Å². The molecule has 118 valence electrons. The fourth-order valence-corrected chi connectivity index (χ4v) is 2.86. The summed E-state index contributed by atoms with van der Waals surface area (Å²) in [6.07, 6.45) is 2.00. The Bertz CT molecular complexity index is 271. The number of carbonyl (C=O) groups is 1. The summed E-state index contributed by atoms with van der Waals surface area (Å²) in [6.45, 7) is 15.6. The largest absolute Gasteiger partial charge is 0.341 e. The number of nitrogens with one attached hydrogen (secondary N) is 1. The summed E-state index contributed by atoms with van der Waals surface area (Å²) < 4.78 is 0. The molecule has 4 heteroatoms. The number of amides is 1. The maximum absolute atomic E-state index is 12.7. The van der Waals surface area contributed by atoms with Gasteiger partial charge in [0.05, 0.1) is 0 Å². The van der Waals surface area contributed by atoms with Gasteiger partial charge in [-0.05, 0) is 44.9 Å². The van der Waals surface area contributed by atoms with Gasteiger partial charge in [-0.15, -0.1) is 0 Å². The van der Waals surface area contributed by atoms with Crippen LogP contribution in [0.1, 0.15) is 40.5 Å². The number of likely N-dealkylation sites (N-methyl/N-ethyl adjacent to an activating group) is 1. The van der Waals surface area contributed by atoms with Crippen molar-refractivity contribution in [2.45, 2.75) is 40.5 Å². The number of hydrogen-bond donors (Lipinski definition) is 1. The van der Waals surface area contributed by atoms with E-state index in [1.165, 1.54) is 0 Å². The minimum Gasteiger partial charge on any atom is -0.341 e. The number of hydrogen-bond acceptors (Lipinski definition) is 3. The van der Waals surface area contributed by atoms with E-state index < -0.39 is 0 Å². The molecular weight excluding hydrogens is 250 g/mol. The molecule has 0 aromatic rings. The number of piperidine rings is 1. The van der Waals surface area contributed by atoms with Crippen molar-refractivity contribution in [1.29, 1.82) is 0 Å². The van der Waals surface area contributed by atoms with Gasteiger partial charge in [-0.25, -0.2) is 0 Å². The highest BCUT2D eigenvalue weighted by Crippen LogP contribution is 2.16. The fourth-order valence-electron chi connectivity index (χ4n) is 2.86. The van der Waals surface area contributed by atoms with E-state index in [1.54, 1.807) is 0 Å². The van der Waals surface area contributed by atoms with Crippen LogP contribution in [-0.4, -0.2) is 61.5 Å². The van der Waals surface area contributed by atoms with Crippen LogP contribution in [0, 0.1) is 11.8 Å². The summed E-state index contributed by atoms with van der Waals surface area (Å²) in [7, 11) is 0. The van der Waals surface area contributed by atoms with E-state index in [4.69, 9.17) is 0 Å². The van der Waals surface area contributed by atoms with E-state index in [2.05, 4.69) is 42.8 Å². The Morgan fingerprint density at radius 1 is 1.15 bits per heavy atom. The van der Waals surface area contributed by atoms with Crippen LogP contribution >= 0.6 is 0 Å². The molecule has 4 nitrogen and oxygen atoms in total. The van der Waals surface area contributed by atoms with Crippen molar-refractivity contribution in [2.24, 2.45) is 11.8 Å². The van der Waals surface area contributed by atoms with E-state index in [1.807, 2.05) is 0 Å². The van der Waals surface area contributed by atoms with E-state index >= 15 is 0 Å². The maximum atomic E-state index is 12.7. The Morgan fingerprint density at radius 3 is 2.25 bits per heavy atom. The van der Waals surface area contributed by atoms with Crippen molar-refractivity contribution in [1.82, 2.24) is 15.1 Å². The fraction of sp³-hybridized carbons (Fsp3) is 0.938. The molecule has 0 bridgehead atoms. The number of rotatable bonds is 8. The molecule has 0 unspecified atom stereocenters. The molecule has 1 N–H and O–H groups in total. The molecule has 0 saturated carbocycles. The summed E-state index contributed by atoms with van der Waals surface area (Å²) in [5.41, 5.74) is 0. The quantitative estimate of drug-likeness (QED) is 0.738. The number of carbonyl (C=O) groups excluding carboxylic acids is 1. The minimum absolute atomic E-state index is 0.242. The third-order valence-electron chi connectivity index (χ3n) is 4.17. The SMILES string of the molecule is CCN(CC)CCN(CC(C)C)C(=O)C1CCNCC1. The van der Waals surface area contributed by atoms with Gasteiger partial charge in [-0.1, -0.05) is 27.7 Å². The monoisotopic (exact) mass is 283 g/mol. The molecule has 0 aromatic carbocycles. The number of nitrogens with zero attached hydrogens (tertiary/aromatic N) is 2. The van der Waals surface area contributed by atoms with Crippen LogP contribution in [0.5, 0.6) is 0 Å². The molecule has 0 atom stereocenters. The van der Waals surface area contributed by atoms with Gasteiger partial charge in [0.1, 0.15) is 0 Å². The van der Waals surface area contributed by atoms with Gasteiger partial charge in [-0.3, -0.25) is 4.79 Å². The van der Waals surface area contributed by atoms with E-state index in [9.17, 15) is 4.79 Å². The summed E-state index contributed by atoms with van der Waals surface area (Å²) in [5, 5.41) is 3.34. The lowest BCUT2D eigenvalue weighted by atomic mass is 9.96. The lowest BCUT2D eigenvalue weighted by Crippen LogP contribution is -2.45. The highest BCUT2D eigenvalue weighted by molar-refractivity contribution is 5.79. The smallest absolute Gasteiger partial charge is 0.225 e. The van der Waals surface area contributed by atoms with Crippen molar-refractivity contribution in [3.8, 4) is 0 Å². The van der Waals surface area contributed by atoms with Crippen molar-refractivity contribution >= 4 is 5.91 Å². The molecule has 1 amide bonds. The minimum atomic E-state index is 0.242. The molecule has 1 heterocycles. The second-order valence-corrected chi connectivity index (χ2v) is 6.23. The Morgan fingerprint density at radius 2 is 1.75 bits per heavy atom. The summed E-state index contributed by atoms with van der Waals surface area (Å²) in [6, 6.07) is 0. The van der Waals surface area contributed by atoms with Crippen molar-refractivity contribution in [3.05, 3.63) is 0 Å². The molecule has 1 fully saturated rings. The first kappa shape index (κ1) is 17.4. The van der Waals surface area contributed by atoms with Crippen molar-refractivity contribution in [3.63, 3.8) is 0 Å². The molecule has 1 saturated heterocycles. The van der Waals surface area contributed by atoms with Gasteiger partial charge in [0, 0.05) is 25.6 Å². The molecule has 1 aliphatic rings. The summed E-state index contributed by atoms with van der Waals surface area (Å²) in [4.78, 5) is 17.2. The van der Waals surface area contributed by atoms with Crippen LogP contribution < -0.4 is 5.32 Å². The average Bonchev–Trinajstić information content (AvgIpc) is 2.46. The normalized spacial score (nSPS) is 16.9. The molecule has 0 radical (unpaired) electrons. The second-order valence-electron chi connectivity index (χ2n) is 6.23. The van der Waals surface area contributed by atoms with Gasteiger partial charge < -0.3 is 15.1 Å². The predicted octanol–water partition coefficient (Wildman–Crippen LogP) is 1.81. The van der Waals surface area contributed by atoms with Gasteiger partial charge >= 0.3 is 0 Å². The molecule has 1 rings (SSSR count). The highest BCUT2D eigenvalue weighted by atomic mass is 16.2. The Hall–Kier alpha value is -0.610. The highest BCUT2D eigenvalue weighted by Gasteiger charge is 2.26. The van der Waals surface area contributed by atoms with Crippen molar-refractivity contribution in [2.75, 3.05) is 45.8 Å². The molecule has 1 aliphatic heterocycles. The second kappa shape index (κ2) is 9.35. The van der Waals surface area contributed by atoms with Gasteiger partial charge in [0.2, 0.25) is 5.91 Å². The Labute approximate surface area is 124 Å². The van der Waals surface area contributed by atoms with Crippen LogP contribution in [-0.2, 0) is 4.79 Å². The molecule has 20 heavy (non-hydrogen) atoms. The maximum Gasteiger partial charge on any atom is 0.225 e. The lowest BCUT2D eigenvalue weighted by Gasteiger charge is -2.32. The van der Waals surface area contributed by atoms with E-state index in [0.29, 0.717) is 11.8 Å². The van der Waals surface area contributed by atoms with Gasteiger partial charge in [0.25, 0.3) is 0 Å². The first-order chi connectivity index (χ1) is 9.58. The first-order valence-corrected chi connectivity index (χ1v) is 8.30. The summed E-state index contributed by atoms with van der Waals surface area (Å²) in [5.74, 6) is 1.16. The molecule has 0 aliphatic carbocycles. The lowest BCUT2D eigenvalue weighted by molar-refractivity contribution is -0.137. The zero-order valence-electron chi connectivity index (χ0n) is 13.8. The predicted molar refractivity (Wildman–Crippen MR) is 84.8 cm³/mol. The Kier molecular flexibility index (Phi) is 8.15. The van der Waals surface area contributed by atoms with Crippen LogP contribution in [0.4, 0.5) is 0 Å². The van der Waals surface area contributed by atoms with Crippen LogP contribution in [0.25, 0.3) is 0 Å². The first-order valence-electron chi connectivity index (χ1n) is 8.30. The van der Waals surface area contributed by atoms with E-state index in [-0.39, 0.29) is 5.92 Å². The van der Waals surface area contributed by atoms with Crippen LogP contribution in [0.15, 0.2) is 0 Å². The molecule has 0 spiro atoms. The third-order valence-corrected chi connectivity index (χ3v) is 4.17. The zero-order valence-corrected chi connectivity index (χ0v) is 13.8. The van der Waals surface area contributed by atoms with Crippen LogP contribution in [0.3, 0.4) is 0 Å². The topological polar surface area (TPSA) is 35.6 Å². The van der Waals surface area contributed by atoms with Gasteiger partial charge in [0.15, 0.2) is 0 Å². The van der Waals surface area contributed by atoms with Gasteiger partial charge in [-0.2, -0.15) is 0 Å². The van der Waals surface area contributed by atoms with E-state index in [0.717, 1.165) is 58.7 Å².